The van der Waals surface area contributed by atoms with Gasteiger partial charge in [0.05, 0.1) is 11.2 Å². The van der Waals surface area contributed by atoms with Crippen LogP contribution in [0.15, 0.2) is 29.0 Å². The lowest BCUT2D eigenvalue weighted by atomic mass is 9.92. The molecule has 0 unspecified atom stereocenters. The van der Waals surface area contributed by atoms with E-state index in [-0.39, 0.29) is 0 Å². The fourth-order valence-corrected chi connectivity index (χ4v) is 2.83. The molecule has 88 valence electrons. The minimum Gasteiger partial charge on any atom is -0.317 e. The van der Waals surface area contributed by atoms with E-state index in [1.165, 1.54) is 23.9 Å². The van der Waals surface area contributed by atoms with E-state index in [1.54, 1.807) is 6.33 Å². The quantitative estimate of drug-likeness (QED) is 0.878. The predicted molar refractivity (Wildman–Crippen MR) is 72.1 cm³/mol. The Balaban J connectivity index is 2.11. The largest absolute Gasteiger partial charge is 0.317 e. The van der Waals surface area contributed by atoms with Crippen LogP contribution >= 0.6 is 15.9 Å². The van der Waals surface area contributed by atoms with E-state index >= 15 is 0 Å². The number of rotatable bonds is 1. The van der Waals surface area contributed by atoms with Gasteiger partial charge in [0.1, 0.15) is 6.33 Å². The predicted octanol–water partition coefficient (Wildman–Crippen LogP) is 2.86. The third-order valence-corrected chi connectivity index (χ3v) is 3.85. The average molecular weight is 292 g/mol. The van der Waals surface area contributed by atoms with Crippen LogP contribution in [-0.2, 0) is 0 Å². The lowest BCUT2D eigenvalue weighted by molar-refractivity contribution is 0.455. The smallest absolute Gasteiger partial charge is 0.116 e. The minimum absolute atomic E-state index is 0.566. The summed E-state index contributed by atoms with van der Waals surface area (Å²) in [5, 5.41) is 4.58. The summed E-state index contributed by atoms with van der Waals surface area (Å²) in [6.07, 6.45) is 4.02. The van der Waals surface area contributed by atoms with Crippen molar-refractivity contribution in [3.8, 4) is 0 Å². The second-order valence-corrected chi connectivity index (χ2v) is 5.36. The molecule has 0 spiro atoms. The summed E-state index contributed by atoms with van der Waals surface area (Å²) in [6.45, 7) is 2.17. The number of halogens is 1. The summed E-state index contributed by atoms with van der Waals surface area (Å²) in [7, 11) is 0. The number of hydrogen-bond acceptors (Lipinski definition) is 3. The van der Waals surface area contributed by atoms with Crippen molar-refractivity contribution >= 4 is 26.8 Å². The topological polar surface area (TPSA) is 37.8 Å². The number of nitrogens with zero attached hydrogens (tertiary/aromatic N) is 2. The summed E-state index contributed by atoms with van der Waals surface area (Å²) in [5.41, 5.74) is 2.24. The molecule has 0 saturated carbocycles. The summed E-state index contributed by atoms with van der Waals surface area (Å²) in [5.74, 6) is 0.566. The molecule has 3 nitrogen and oxygen atoms in total. The van der Waals surface area contributed by atoms with Crippen LogP contribution in [-0.4, -0.2) is 23.1 Å². The van der Waals surface area contributed by atoms with E-state index in [0.29, 0.717) is 5.92 Å². The Hall–Kier alpha value is -1.00. The molecular formula is C13H14BrN3. The van der Waals surface area contributed by atoms with Crippen molar-refractivity contribution in [3.05, 3.63) is 34.7 Å². The van der Waals surface area contributed by atoms with Gasteiger partial charge in [-0.2, -0.15) is 0 Å². The van der Waals surface area contributed by atoms with Crippen molar-refractivity contribution in [2.75, 3.05) is 13.1 Å². The Kier molecular flexibility index (Phi) is 3.07. The molecule has 0 amide bonds. The molecule has 1 aliphatic rings. The number of hydrogen-bond donors (Lipinski definition) is 1. The van der Waals surface area contributed by atoms with Crippen LogP contribution in [0.4, 0.5) is 0 Å². The first-order valence-electron chi connectivity index (χ1n) is 5.95. The highest BCUT2D eigenvalue weighted by atomic mass is 79.9. The molecule has 0 aliphatic carbocycles. The van der Waals surface area contributed by atoms with Crippen molar-refractivity contribution in [1.29, 1.82) is 0 Å². The summed E-state index contributed by atoms with van der Waals surface area (Å²) in [4.78, 5) is 8.84. The Morgan fingerprint density at radius 2 is 2.00 bits per heavy atom. The van der Waals surface area contributed by atoms with Crippen molar-refractivity contribution in [3.63, 3.8) is 0 Å². The van der Waals surface area contributed by atoms with Crippen LogP contribution in [0.25, 0.3) is 10.9 Å². The molecule has 1 saturated heterocycles. The van der Waals surface area contributed by atoms with Gasteiger partial charge < -0.3 is 5.32 Å². The summed E-state index contributed by atoms with van der Waals surface area (Å²) < 4.78 is 1.09. The average Bonchev–Trinajstić information content (AvgIpc) is 2.39. The van der Waals surface area contributed by atoms with E-state index in [2.05, 4.69) is 37.3 Å². The molecule has 1 fully saturated rings. The normalized spacial score (nSPS) is 17.5. The van der Waals surface area contributed by atoms with Crippen LogP contribution in [0.1, 0.15) is 24.5 Å². The zero-order chi connectivity index (χ0) is 11.7. The van der Waals surface area contributed by atoms with Crippen molar-refractivity contribution < 1.29 is 0 Å². The highest BCUT2D eigenvalue weighted by Crippen LogP contribution is 2.30. The fraction of sp³-hybridized carbons (Fsp3) is 0.385. The Morgan fingerprint density at radius 1 is 1.18 bits per heavy atom. The zero-order valence-electron chi connectivity index (χ0n) is 9.49. The first-order valence-corrected chi connectivity index (χ1v) is 6.75. The van der Waals surface area contributed by atoms with E-state index in [0.717, 1.165) is 23.1 Å². The monoisotopic (exact) mass is 291 g/mol. The molecule has 1 aromatic carbocycles. The van der Waals surface area contributed by atoms with Gasteiger partial charge in [-0.1, -0.05) is 15.9 Å². The van der Waals surface area contributed by atoms with E-state index < -0.39 is 0 Å². The molecule has 2 aromatic rings. The summed E-state index contributed by atoms with van der Waals surface area (Å²) >= 11 is 3.52. The van der Waals surface area contributed by atoms with Crippen molar-refractivity contribution in [2.24, 2.45) is 0 Å². The van der Waals surface area contributed by atoms with Gasteiger partial charge in [0.25, 0.3) is 0 Å². The molecule has 2 heterocycles. The molecule has 1 aromatic heterocycles. The second-order valence-electron chi connectivity index (χ2n) is 4.44. The molecular weight excluding hydrogens is 278 g/mol. The molecule has 0 bridgehead atoms. The van der Waals surface area contributed by atoms with E-state index in [1.807, 2.05) is 12.1 Å². The lowest BCUT2D eigenvalue weighted by Crippen LogP contribution is -2.27. The van der Waals surface area contributed by atoms with Crippen LogP contribution in [0.2, 0.25) is 0 Å². The first kappa shape index (κ1) is 11.1. The molecule has 1 N–H and O–H groups in total. The summed E-state index contributed by atoms with van der Waals surface area (Å²) in [6, 6.07) is 6.21. The number of fused-ring (bicyclic) bond motifs is 1. The number of nitrogens with one attached hydrogen (secondary N) is 1. The van der Waals surface area contributed by atoms with Gasteiger partial charge in [0.2, 0.25) is 0 Å². The van der Waals surface area contributed by atoms with Gasteiger partial charge in [-0.05, 0) is 44.1 Å². The van der Waals surface area contributed by atoms with Gasteiger partial charge in [-0.3, -0.25) is 0 Å². The van der Waals surface area contributed by atoms with Crippen LogP contribution < -0.4 is 5.32 Å². The maximum absolute atomic E-state index is 4.51. The zero-order valence-corrected chi connectivity index (χ0v) is 11.1. The maximum atomic E-state index is 4.51. The maximum Gasteiger partial charge on any atom is 0.116 e. The van der Waals surface area contributed by atoms with Crippen molar-refractivity contribution in [2.45, 2.75) is 18.8 Å². The highest BCUT2D eigenvalue weighted by molar-refractivity contribution is 9.10. The van der Waals surface area contributed by atoms with Crippen LogP contribution in [0, 0.1) is 0 Å². The third kappa shape index (κ3) is 2.19. The van der Waals surface area contributed by atoms with Gasteiger partial charge in [0.15, 0.2) is 0 Å². The SMILES string of the molecule is Brc1ccc2ncnc(C3CCNCC3)c2c1. The molecule has 1 aliphatic heterocycles. The third-order valence-electron chi connectivity index (χ3n) is 3.35. The molecule has 0 atom stereocenters. The minimum atomic E-state index is 0.566. The lowest BCUT2D eigenvalue weighted by Gasteiger charge is -2.22. The van der Waals surface area contributed by atoms with E-state index in [4.69, 9.17) is 0 Å². The Morgan fingerprint density at radius 3 is 2.82 bits per heavy atom. The molecule has 0 radical (unpaired) electrons. The molecule has 17 heavy (non-hydrogen) atoms. The Bertz CT molecular complexity index is 535. The van der Waals surface area contributed by atoms with Gasteiger partial charge in [0, 0.05) is 15.8 Å². The Labute approximate surface area is 109 Å². The van der Waals surface area contributed by atoms with Gasteiger partial charge in [-0.25, -0.2) is 9.97 Å². The number of aromatic nitrogens is 2. The molecule has 3 rings (SSSR count). The van der Waals surface area contributed by atoms with Gasteiger partial charge >= 0.3 is 0 Å². The van der Waals surface area contributed by atoms with Crippen molar-refractivity contribution in [1.82, 2.24) is 15.3 Å². The fourth-order valence-electron chi connectivity index (χ4n) is 2.47. The highest BCUT2D eigenvalue weighted by Gasteiger charge is 2.18. The van der Waals surface area contributed by atoms with Crippen LogP contribution in [0.5, 0.6) is 0 Å². The second kappa shape index (κ2) is 4.70. The molecule has 4 heteroatoms. The first-order chi connectivity index (χ1) is 8.34. The number of piperidine rings is 1. The van der Waals surface area contributed by atoms with Gasteiger partial charge in [-0.15, -0.1) is 0 Å². The van der Waals surface area contributed by atoms with Crippen LogP contribution in [0.3, 0.4) is 0 Å². The standard InChI is InChI=1S/C13H14BrN3/c14-10-1-2-12-11(7-10)13(17-8-16-12)9-3-5-15-6-4-9/h1-2,7-9,15H,3-6H2. The number of benzene rings is 1. The van der Waals surface area contributed by atoms with E-state index in [9.17, 15) is 0 Å².